The molecule has 0 saturated heterocycles. The van der Waals surface area contributed by atoms with Crippen molar-refractivity contribution in [3.63, 3.8) is 0 Å². The molecule has 0 aliphatic rings. The van der Waals surface area contributed by atoms with Crippen molar-refractivity contribution in [1.29, 1.82) is 0 Å². The summed E-state index contributed by atoms with van der Waals surface area (Å²) in [5.41, 5.74) is 0.919. The maximum Gasteiger partial charge on any atom is 0.416 e. The van der Waals surface area contributed by atoms with Crippen LogP contribution in [0.15, 0.2) is 54.6 Å². The number of hydrogen-bond acceptors (Lipinski definition) is 1. The number of hydrogen-bond donors (Lipinski definition) is 0. The summed E-state index contributed by atoms with van der Waals surface area (Å²) < 4.78 is 37.6. The Morgan fingerprint density at radius 3 is 2.05 bits per heavy atom. The highest BCUT2D eigenvalue weighted by Crippen LogP contribution is 2.30. The Balaban J connectivity index is 2.20. The van der Waals surface area contributed by atoms with Gasteiger partial charge in [-0.15, -0.1) is 0 Å². The van der Waals surface area contributed by atoms with E-state index in [-0.39, 0.29) is 11.7 Å². The van der Waals surface area contributed by atoms with E-state index in [1.54, 1.807) is 0 Å². The first-order chi connectivity index (χ1) is 9.88. The number of halogens is 3. The van der Waals surface area contributed by atoms with Crippen LogP contribution in [0.1, 0.15) is 29.5 Å². The normalized spacial score (nSPS) is 13.0. The molecule has 1 atom stereocenters. The first-order valence-corrected chi connectivity index (χ1v) is 6.59. The Labute approximate surface area is 121 Å². The number of carbonyl (C=O) groups excluding carboxylic acids is 1. The van der Waals surface area contributed by atoms with Crippen LogP contribution in [-0.2, 0) is 17.4 Å². The lowest BCUT2D eigenvalue weighted by atomic mass is 9.89. The Morgan fingerprint density at radius 2 is 1.57 bits per heavy atom. The zero-order chi connectivity index (χ0) is 15.5. The van der Waals surface area contributed by atoms with Crippen LogP contribution in [0.5, 0.6) is 0 Å². The largest absolute Gasteiger partial charge is 0.416 e. The van der Waals surface area contributed by atoms with E-state index in [4.69, 9.17) is 0 Å². The van der Waals surface area contributed by atoms with Gasteiger partial charge in [0.2, 0.25) is 0 Å². The van der Waals surface area contributed by atoms with Crippen molar-refractivity contribution in [3.05, 3.63) is 71.3 Å². The smallest absolute Gasteiger partial charge is 0.299 e. The highest BCUT2D eigenvalue weighted by atomic mass is 19.4. The van der Waals surface area contributed by atoms with Crippen molar-refractivity contribution in [2.24, 2.45) is 0 Å². The van der Waals surface area contributed by atoms with E-state index in [0.717, 1.165) is 17.7 Å². The predicted molar refractivity (Wildman–Crippen MR) is 75.0 cm³/mol. The van der Waals surface area contributed by atoms with E-state index in [1.807, 2.05) is 30.3 Å². The fraction of sp³-hybridized carbons (Fsp3) is 0.235. The average Bonchev–Trinajstić information content (AvgIpc) is 2.45. The molecule has 0 aliphatic carbocycles. The summed E-state index contributed by atoms with van der Waals surface area (Å²) in [7, 11) is 0. The average molecular weight is 292 g/mol. The fourth-order valence-electron chi connectivity index (χ4n) is 2.25. The molecule has 0 heterocycles. The number of benzene rings is 2. The van der Waals surface area contributed by atoms with Crippen molar-refractivity contribution >= 4 is 5.78 Å². The lowest BCUT2D eigenvalue weighted by Gasteiger charge is -2.15. The van der Waals surface area contributed by atoms with Crippen LogP contribution in [0.4, 0.5) is 13.2 Å². The summed E-state index contributed by atoms with van der Waals surface area (Å²) in [6, 6.07) is 14.2. The SMILES string of the molecule is CC(=O)C(Cc1ccc(C(F)(F)F)cc1)c1ccccc1. The van der Waals surface area contributed by atoms with Crippen LogP contribution in [0.25, 0.3) is 0 Å². The predicted octanol–water partition coefficient (Wildman–Crippen LogP) is 4.62. The number of ketones is 1. The van der Waals surface area contributed by atoms with Gasteiger partial charge in [-0.3, -0.25) is 4.79 Å². The third-order valence-corrected chi connectivity index (χ3v) is 3.41. The maximum atomic E-state index is 12.5. The molecule has 0 saturated carbocycles. The highest BCUT2D eigenvalue weighted by Gasteiger charge is 2.30. The number of carbonyl (C=O) groups is 1. The summed E-state index contributed by atoms with van der Waals surface area (Å²) in [5, 5.41) is 0. The second-order valence-corrected chi connectivity index (χ2v) is 4.97. The van der Waals surface area contributed by atoms with Crippen molar-refractivity contribution in [2.45, 2.75) is 25.4 Å². The molecule has 0 amide bonds. The minimum absolute atomic E-state index is 0.00102. The van der Waals surface area contributed by atoms with Gasteiger partial charge in [0.25, 0.3) is 0 Å². The van der Waals surface area contributed by atoms with Crippen LogP contribution in [0.2, 0.25) is 0 Å². The second-order valence-electron chi connectivity index (χ2n) is 4.97. The van der Waals surface area contributed by atoms with Crippen LogP contribution in [0, 0.1) is 0 Å². The van der Waals surface area contributed by atoms with Gasteiger partial charge < -0.3 is 0 Å². The molecule has 0 aromatic heterocycles. The van der Waals surface area contributed by atoms with E-state index in [2.05, 4.69) is 0 Å². The van der Waals surface area contributed by atoms with Gasteiger partial charge in [0.1, 0.15) is 5.78 Å². The molecule has 2 aromatic rings. The lowest BCUT2D eigenvalue weighted by molar-refractivity contribution is -0.137. The van der Waals surface area contributed by atoms with Crippen LogP contribution >= 0.6 is 0 Å². The van der Waals surface area contributed by atoms with Crippen molar-refractivity contribution in [3.8, 4) is 0 Å². The van der Waals surface area contributed by atoms with Crippen LogP contribution < -0.4 is 0 Å². The fourth-order valence-corrected chi connectivity index (χ4v) is 2.25. The van der Waals surface area contributed by atoms with E-state index in [0.29, 0.717) is 12.0 Å². The Morgan fingerprint density at radius 1 is 1.00 bits per heavy atom. The quantitative estimate of drug-likeness (QED) is 0.803. The van der Waals surface area contributed by atoms with Crippen molar-refractivity contribution < 1.29 is 18.0 Å². The van der Waals surface area contributed by atoms with E-state index in [1.165, 1.54) is 19.1 Å². The first kappa shape index (κ1) is 15.3. The van der Waals surface area contributed by atoms with Gasteiger partial charge in [-0.2, -0.15) is 13.2 Å². The molecule has 0 bridgehead atoms. The third-order valence-electron chi connectivity index (χ3n) is 3.41. The molecule has 2 rings (SSSR count). The molecule has 0 radical (unpaired) electrons. The number of Topliss-reactive ketones (excluding diaryl/α,β-unsaturated/α-hetero) is 1. The molecule has 4 heteroatoms. The van der Waals surface area contributed by atoms with Gasteiger partial charge in [-0.1, -0.05) is 42.5 Å². The minimum atomic E-state index is -4.34. The summed E-state index contributed by atoms with van der Waals surface area (Å²) in [5.74, 6) is -0.330. The van der Waals surface area contributed by atoms with Crippen molar-refractivity contribution in [1.82, 2.24) is 0 Å². The van der Waals surface area contributed by atoms with Gasteiger partial charge >= 0.3 is 6.18 Å². The molecular weight excluding hydrogens is 277 g/mol. The van der Waals surface area contributed by atoms with Gasteiger partial charge in [-0.25, -0.2) is 0 Å². The van der Waals surface area contributed by atoms with Gasteiger partial charge in [0.15, 0.2) is 0 Å². The molecule has 0 N–H and O–H groups in total. The van der Waals surface area contributed by atoms with Gasteiger partial charge in [-0.05, 0) is 36.6 Å². The number of rotatable bonds is 4. The zero-order valence-electron chi connectivity index (χ0n) is 11.5. The molecule has 1 unspecified atom stereocenters. The lowest BCUT2D eigenvalue weighted by Crippen LogP contribution is -2.12. The van der Waals surface area contributed by atoms with Gasteiger partial charge in [0.05, 0.1) is 5.56 Å². The second kappa shape index (κ2) is 6.12. The van der Waals surface area contributed by atoms with Crippen molar-refractivity contribution in [2.75, 3.05) is 0 Å². The Hall–Kier alpha value is -2.10. The third kappa shape index (κ3) is 3.94. The standard InChI is InChI=1S/C17H15F3O/c1-12(21)16(14-5-3-2-4-6-14)11-13-7-9-15(10-8-13)17(18,19)20/h2-10,16H,11H2,1H3. The number of alkyl halides is 3. The molecule has 0 fully saturated rings. The summed E-state index contributed by atoms with van der Waals surface area (Å²) in [6.07, 6.45) is -3.94. The van der Waals surface area contributed by atoms with Crippen LogP contribution in [0.3, 0.4) is 0 Å². The zero-order valence-corrected chi connectivity index (χ0v) is 11.5. The molecule has 0 aliphatic heterocycles. The van der Waals surface area contributed by atoms with Gasteiger partial charge in [0, 0.05) is 5.92 Å². The molecule has 21 heavy (non-hydrogen) atoms. The minimum Gasteiger partial charge on any atom is -0.299 e. The Kier molecular flexibility index (Phi) is 4.46. The van der Waals surface area contributed by atoms with E-state index in [9.17, 15) is 18.0 Å². The van der Waals surface area contributed by atoms with Crippen LogP contribution in [-0.4, -0.2) is 5.78 Å². The first-order valence-electron chi connectivity index (χ1n) is 6.59. The molecule has 2 aromatic carbocycles. The molecule has 0 spiro atoms. The summed E-state index contributed by atoms with van der Waals surface area (Å²) in [6.45, 7) is 1.50. The van der Waals surface area contributed by atoms with E-state index >= 15 is 0 Å². The monoisotopic (exact) mass is 292 g/mol. The summed E-state index contributed by atoms with van der Waals surface area (Å²) in [4.78, 5) is 11.8. The topological polar surface area (TPSA) is 17.1 Å². The maximum absolute atomic E-state index is 12.5. The molecular formula is C17H15F3O. The highest BCUT2D eigenvalue weighted by molar-refractivity contribution is 5.83. The molecule has 1 nitrogen and oxygen atoms in total. The Bertz CT molecular complexity index is 600. The summed E-state index contributed by atoms with van der Waals surface area (Å²) >= 11 is 0. The molecule has 110 valence electrons. The van der Waals surface area contributed by atoms with E-state index < -0.39 is 11.7 Å².